The third kappa shape index (κ3) is 0.825. The van der Waals surface area contributed by atoms with Crippen LogP contribution in [0.5, 0.6) is 0 Å². The fourth-order valence-corrected chi connectivity index (χ4v) is 0.587. The third-order valence-electron chi connectivity index (χ3n) is 0.454. The molecule has 0 aromatic rings. The molecule has 1 aliphatic rings. The summed E-state index contributed by atoms with van der Waals surface area (Å²) in [5.74, 6) is 0. The second-order valence-electron chi connectivity index (χ2n) is 0.893. The van der Waals surface area contributed by atoms with Gasteiger partial charge < -0.3 is 0 Å². The van der Waals surface area contributed by atoms with E-state index in [-0.39, 0.29) is 0 Å². The van der Waals surface area contributed by atoms with Crippen molar-refractivity contribution < 1.29 is 0 Å². The Balaban J connectivity index is 2.40. The van der Waals surface area contributed by atoms with Crippen LogP contribution in [0, 0.1) is 0 Å². The molecule has 0 saturated heterocycles. The first-order chi connectivity index (χ1) is 3.00. The van der Waals surface area contributed by atoms with Gasteiger partial charge in [-0.05, 0) is 0 Å². The zero-order valence-electron chi connectivity index (χ0n) is 3.16. The number of nitrogens with zero attached hydrogens (tertiary/aromatic N) is 2. The van der Waals surface area contributed by atoms with E-state index in [2.05, 4.69) is 8.80 Å². The van der Waals surface area contributed by atoms with Crippen molar-refractivity contribution in [2.45, 2.75) is 6.42 Å². The maximum atomic E-state index is 3.77. The van der Waals surface area contributed by atoms with Crippen molar-refractivity contribution in [2.75, 3.05) is 0 Å². The fraction of sp³-hybridized carbons (Fsp3) is 0.333. The van der Waals surface area contributed by atoms with Crippen LogP contribution < -0.4 is 0 Å². The molecule has 0 aromatic heterocycles. The van der Waals surface area contributed by atoms with Crippen LogP contribution in [-0.2, 0) is 0 Å². The van der Waals surface area contributed by atoms with Gasteiger partial charge in [-0.3, -0.25) is 0 Å². The van der Waals surface area contributed by atoms with Crippen LogP contribution in [-0.4, -0.2) is 12.4 Å². The van der Waals surface area contributed by atoms with Gasteiger partial charge in [0.05, 0.1) is 0 Å². The highest BCUT2D eigenvalue weighted by Crippen LogP contribution is 2.03. The van der Waals surface area contributed by atoms with E-state index in [9.17, 15) is 0 Å². The normalized spacial score (nSPS) is 18.7. The van der Waals surface area contributed by atoms with E-state index >= 15 is 0 Å². The first kappa shape index (κ1) is 3.87. The van der Waals surface area contributed by atoms with E-state index < -0.39 is 0 Å². The van der Waals surface area contributed by atoms with Crippen LogP contribution >= 0.6 is 12.1 Å². The second kappa shape index (κ2) is 1.97. The molecule has 1 aliphatic heterocycles. The van der Waals surface area contributed by atoms with E-state index in [0.29, 0.717) is 0 Å². The largest absolute Gasteiger partial charge is 0.206 e. The third-order valence-corrected chi connectivity index (χ3v) is 0.941. The lowest BCUT2D eigenvalue weighted by Crippen LogP contribution is -1.77. The van der Waals surface area contributed by atoms with Gasteiger partial charge in [-0.1, -0.05) is 0 Å². The maximum absolute atomic E-state index is 3.77. The molecule has 0 bridgehead atoms. The van der Waals surface area contributed by atoms with E-state index in [1.165, 1.54) is 12.1 Å². The molecule has 32 valence electrons. The minimum absolute atomic E-state index is 0.896. The first-order valence-electron chi connectivity index (χ1n) is 1.70. The molecule has 2 nitrogen and oxygen atoms in total. The Kier molecular flexibility index (Phi) is 1.27. The molecule has 0 aliphatic carbocycles. The number of rotatable bonds is 0. The average Bonchev–Trinajstić information content (AvgIpc) is 1.72. The molecule has 0 fully saturated rings. The van der Waals surface area contributed by atoms with Gasteiger partial charge in [-0.2, -0.15) is 0 Å². The Hall–Kier alpha value is -0.310. The van der Waals surface area contributed by atoms with Gasteiger partial charge in [0, 0.05) is 18.9 Å². The van der Waals surface area contributed by atoms with Crippen molar-refractivity contribution in [1.82, 2.24) is 0 Å². The van der Waals surface area contributed by atoms with Gasteiger partial charge in [-0.15, -0.1) is 0 Å². The van der Waals surface area contributed by atoms with Crippen LogP contribution in [0.25, 0.3) is 0 Å². The highest BCUT2D eigenvalue weighted by atomic mass is 32.2. The van der Waals surface area contributed by atoms with E-state index in [1.54, 1.807) is 0 Å². The smallest absolute Gasteiger partial charge is 0.114 e. The van der Waals surface area contributed by atoms with Gasteiger partial charge in [-0.25, -0.2) is 8.80 Å². The molecule has 0 saturated carbocycles. The van der Waals surface area contributed by atoms with Crippen LogP contribution in [0.15, 0.2) is 8.80 Å². The van der Waals surface area contributed by atoms with Crippen molar-refractivity contribution in [3.05, 3.63) is 0 Å². The highest BCUT2D eigenvalue weighted by Gasteiger charge is 1.79. The molecule has 1 heterocycles. The highest BCUT2D eigenvalue weighted by molar-refractivity contribution is 7.97. The van der Waals surface area contributed by atoms with Gasteiger partial charge in [0.15, 0.2) is 0 Å². The minimum Gasteiger partial charge on any atom is -0.206 e. The SMILES string of the molecule is C1=NSN=CC1. The fourth-order valence-electron chi connectivity index (χ4n) is 0.227. The summed E-state index contributed by atoms with van der Waals surface area (Å²) in [4.78, 5) is 0. The molecule has 0 atom stereocenters. The average molecular weight is 100 g/mol. The lowest BCUT2D eigenvalue weighted by Gasteiger charge is -1.85. The summed E-state index contributed by atoms with van der Waals surface area (Å²) >= 11 is 1.23. The quantitative estimate of drug-likeness (QED) is 0.418. The summed E-state index contributed by atoms with van der Waals surface area (Å²) < 4.78 is 7.54. The van der Waals surface area contributed by atoms with E-state index in [1.807, 2.05) is 12.4 Å². The topological polar surface area (TPSA) is 24.7 Å². The molecule has 1 rings (SSSR count). The van der Waals surface area contributed by atoms with E-state index in [4.69, 9.17) is 0 Å². The van der Waals surface area contributed by atoms with Crippen molar-refractivity contribution in [2.24, 2.45) is 8.80 Å². The Labute approximate surface area is 40.6 Å². The zero-order valence-corrected chi connectivity index (χ0v) is 3.98. The molecule has 0 amide bonds. The van der Waals surface area contributed by atoms with Crippen LogP contribution in [0.4, 0.5) is 0 Å². The summed E-state index contributed by atoms with van der Waals surface area (Å²) in [5.41, 5.74) is 0. The van der Waals surface area contributed by atoms with Crippen LogP contribution in [0.3, 0.4) is 0 Å². The molecule has 0 unspecified atom stereocenters. The summed E-state index contributed by atoms with van der Waals surface area (Å²) in [6, 6.07) is 0. The number of hydrogen-bond acceptors (Lipinski definition) is 3. The van der Waals surface area contributed by atoms with Crippen molar-refractivity contribution in [3.63, 3.8) is 0 Å². The summed E-state index contributed by atoms with van der Waals surface area (Å²) in [6.07, 6.45) is 4.56. The Morgan fingerprint density at radius 1 is 1.33 bits per heavy atom. The summed E-state index contributed by atoms with van der Waals surface area (Å²) in [7, 11) is 0. The first-order valence-corrected chi connectivity index (χ1v) is 2.43. The minimum atomic E-state index is 0.896. The van der Waals surface area contributed by atoms with Gasteiger partial charge in [0.2, 0.25) is 0 Å². The second-order valence-corrected chi connectivity index (χ2v) is 1.48. The van der Waals surface area contributed by atoms with E-state index in [0.717, 1.165) is 6.42 Å². The Bertz CT molecular complexity index is 66.8. The van der Waals surface area contributed by atoms with Gasteiger partial charge in [0.1, 0.15) is 12.1 Å². The Morgan fingerprint density at radius 3 is 2.17 bits per heavy atom. The molecule has 0 N–H and O–H groups in total. The van der Waals surface area contributed by atoms with Gasteiger partial charge >= 0.3 is 0 Å². The molecule has 0 radical (unpaired) electrons. The molecular weight excluding hydrogens is 96.1 g/mol. The van der Waals surface area contributed by atoms with Crippen molar-refractivity contribution >= 4 is 24.6 Å². The lowest BCUT2D eigenvalue weighted by molar-refractivity contribution is 1.63. The summed E-state index contributed by atoms with van der Waals surface area (Å²) in [5, 5.41) is 0. The zero-order chi connectivity index (χ0) is 4.24. The lowest BCUT2D eigenvalue weighted by atomic mass is 10.5. The molecule has 6 heavy (non-hydrogen) atoms. The van der Waals surface area contributed by atoms with Gasteiger partial charge in [0.25, 0.3) is 0 Å². The molecule has 0 aromatic carbocycles. The maximum Gasteiger partial charge on any atom is 0.114 e. The van der Waals surface area contributed by atoms with Crippen LogP contribution in [0.1, 0.15) is 6.42 Å². The molecule has 3 heteroatoms. The monoisotopic (exact) mass is 100 g/mol. The predicted octanol–water partition coefficient (Wildman–Crippen LogP) is 1.09. The van der Waals surface area contributed by atoms with Crippen LogP contribution in [0.2, 0.25) is 0 Å². The predicted molar refractivity (Wildman–Crippen MR) is 29.2 cm³/mol. The molecule has 0 spiro atoms. The number of hydrogen-bond donors (Lipinski definition) is 0. The molecular formula is C3H4N2S. The summed E-state index contributed by atoms with van der Waals surface area (Å²) in [6.45, 7) is 0. The standard InChI is InChI=1S/C3H4N2S/c1-2-4-6-5-3-1/h2-3H,1H2. The van der Waals surface area contributed by atoms with Crippen molar-refractivity contribution in [1.29, 1.82) is 0 Å². The van der Waals surface area contributed by atoms with Crippen molar-refractivity contribution in [3.8, 4) is 0 Å². The Morgan fingerprint density at radius 2 is 2.00 bits per heavy atom.